The van der Waals surface area contributed by atoms with Gasteiger partial charge in [-0.15, -0.1) is 0 Å². The number of hydrogen-bond acceptors (Lipinski definition) is 3. The van der Waals surface area contributed by atoms with E-state index in [0.717, 1.165) is 72.5 Å². The summed E-state index contributed by atoms with van der Waals surface area (Å²) in [5.74, 6) is 2.48. The standard InChI is InChI=1S/C68H81N3O/c1-42(2)68(43(3)4,44(5)6)50-29-27-45(28-30-50)47-33-34-69-58(38-47)49-35-48(36-52(37-49)65(10,11)12)54-25-22-26-60-61(54)70-63(56-40-53(66(13,14)15)41-57(62(56)72)67(16,17)18)71(60)59-32-31-51(64(7,8)9)39-55(59)46-23-20-19-21-24-46/h19-44,72H,1-18H3. The fourth-order valence-corrected chi connectivity index (χ4v) is 11.7. The molecule has 2 aromatic heterocycles. The van der Waals surface area contributed by atoms with Gasteiger partial charge >= 0.3 is 0 Å². The van der Waals surface area contributed by atoms with Crippen molar-refractivity contribution in [2.75, 3.05) is 0 Å². The average Bonchev–Trinajstić information content (AvgIpc) is 3.70. The van der Waals surface area contributed by atoms with Gasteiger partial charge in [-0.05, 0) is 132 Å². The Kier molecular flexibility index (Phi) is 13.7. The lowest BCUT2D eigenvalue weighted by molar-refractivity contribution is 0.148. The Morgan fingerprint density at radius 1 is 0.431 bits per heavy atom. The lowest BCUT2D eigenvalue weighted by Gasteiger charge is -2.46. The number of benzene rings is 6. The minimum atomic E-state index is -0.328. The Morgan fingerprint density at radius 3 is 1.58 bits per heavy atom. The third kappa shape index (κ3) is 9.71. The number of phenolic OH excluding ortho intramolecular Hbond substituents is 1. The molecule has 0 aliphatic carbocycles. The first-order valence-corrected chi connectivity index (χ1v) is 26.5. The summed E-state index contributed by atoms with van der Waals surface area (Å²) >= 11 is 0. The quantitative estimate of drug-likeness (QED) is 0.149. The van der Waals surface area contributed by atoms with Crippen LogP contribution in [0, 0.1) is 17.8 Å². The maximum atomic E-state index is 12.6. The summed E-state index contributed by atoms with van der Waals surface area (Å²) in [6.45, 7) is 41.2. The van der Waals surface area contributed by atoms with Gasteiger partial charge in [-0.25, -0.2) is 4.98 Å². The molecule has 2 heterocycles. The highest BCUT2D eigenvalue weighted by atomic mass is 16.3. The summed E-state index contributed by atoms with van der Waals surface area (Å²) in [5.41, 5.74) is 17.4. The number of imidazole rings is 1. The van der Waals surface area contributed by atoms with Gasteiger partial charge in [0.05, 0.1) is 28.0 Å². The van der Waals surface area contributed by atoms with Crippen LogP contribution >= 0.6 is 0 Å². The van der Waals surface area contributed by atoms with Crippen molar-refractivity contribution in [1.29, 1.82) is 0 Å². The van der Waals surface area contributed by atoms with Crippen molar-refractivity contribution >= 4 is 11.0 Å². The molecule has 0 fully saturated rings. The smallest absolute Gasteiger partial charge is 0.149 e. The van der Waals surface area contributed by atoms with Crippen molar-refractivity contribution in [1.82, 2.24) is 14.5 Å². The molecule has 4 heteroatoms. The average molecular weight is 956 g/mol. The zero-order valence-corrected chi connectivity index (χ0v) is 46.8. The van der Waals surface area contributed by atoms with Gasteiger partial charge in [0.1, 0.15) is 11.6 Å². The molecule has 8 aromatic rings. The maximum Gasteiger partial charge on any atom is 0.149 e. The van der Waals surface area contributed by atoms with E-state index in [9.17, 15) is 5.11 Å². The predicted octanol–water partition coefficient (Wildman–Crippen LogP) is 18.9. The maximum absolute atomic E-state index is 12.6. The highest BCUT2D eigenvalue weighted by molar-refractivity contribution is 5.98. The van der Waals surface area contributed by atoms with E-state index in [1.54, 1.807) is 0 Å². The summed E-state index contributed by atoms with van der Waals surface area (Å²) in [6, 6.07) is 49.2. The van der Waals surface area contributed by atoms with E-state index in [1.807, 2.05) is 6.20 Å². The van der Waals surface area contributed by atoms with Crippen molar-refractivity contribution in [3.8, 4) is 67.5 Å². The number of nitrogens with zero attached hydrogens (tertiary/aromatic N) is 3. The first kappa shape index (κ1) is 52.1. The molecule has 72 heavy (non-hydrogen) atoms. The highest BCUT2D eigenvalue weighted by Crippen LogP contribution is 2.48. The molecule has 0 unspecified atom stereocenters. The molecule has 0 bridgehead atoms. The zero-order chi connectivity index (χ0) is 52.5. The Hall–Kier alpha value is -6.26. The van der Waals surface area contributed by atoms with Crippen molar-refractivity contribution in [3.05, 3.63) is 167 Å². The molecule has 0 atom stereocenters. The lowest BCUT2D eigenvalue weighted by Crippen LogP contribution is -2.42. The van der Waals surface area contributed by atoms with Crippen LogP contribution in [0.4, 0.5) is 0 Å². The Labute approximate surface area is 433 Å². The molecule has 6 aromatic carbocycles. The summed E-state index contributed by atoms with van der Waals surface area (Å²) in [5, 5.41) is 12.6. The molecular weight excluding hydrogens is 875 g/mol. The van der Waals surface area contributed by atoms with Crippen LogP contribution in [0.15, 0.2) is 140 Å². The summed E-state index contributed by atoms with van der Waals surface area (Å²) in [4.78, 5) is 10.8. The van der Waals surface area contributed by atoms with Crippen LogP contribution in [0.3, 0.4) is 0 Å². The highest BCUT2D eigenvalue weighted by Gasteiger charge is 2.41. The number of pyridine rings is 1. The predicted molar refractivity (Wildman–Crippen MR) is 309 cm³/mol. The normalized spacial score (nSPS) is 13.0. The molecule has 0 amide bonds. The molecule has 0 saturated carbocycles. The van der Waals surface area contributed by atoms with E-state index in [4.69, 9.17) is 9.97 Å². The second kappa shape index (κ2) is 19.0. The SMILES string of the molecule is CC(C)C(c1ccc(-c2ccnc(-c3cc(-c4cccc5c4nc(-c4cc(C(C)(C)C)cc(C(C)(C)C)c4O)n5-c4ccc(C(C)(C)C)cc4-c4ccccc4)cc(C(C)(C)C)c3)c2)cc1)(C(C)C)C(C)C. The largest absolute Gasteiger partial charge is 0.507 e. The van der Waals surface area contributed by atoms with E-state index in [-0.39, 0.29) is 32.8 Å². The Balaban J connectivity index is 1.38. The molecule has 374 valence electrons. The van der Waals surface area contributed by atoms with Gasteiger partial charge in [0.2, 0.25) is 0 Å². The summed E-state index contributed by atoms with van der Waals surface area (Å²) in [6.07, 6.45) is 1.95. The molecule has 0 aliphatic rings. The first-order valence-electron chi connectivity index (χ1n) is 26.5. The van der Waals surface area contributed by atoms with Crippen LogP contribution < -0.4 is 0 Å². The van der Waals surface area contributed by atoms with E-state index >= 15 is 0 Å². The van der Waals surface area contributed by atoms with Crippen LogP contribution in [0.1, 0.15) is 152 Å². The molecule has 0 aliphatic heterocycles. The van der Waals surface area contributed by atoms with Gasteiger partial charge in [0, 0.05) is 33.9 Å². The molecule has 8 rings (SSSR count). The van der Waals surface area contributed by atoms with Crippen molar-refractivity contribution in [2.24, 2.45) is 17.8 Å². The van der Waals surface area contributed by atoms with Gasteiger partial charge < -0.3 is 5.11 Å². The molecule has 0 saturated heterocycles. The van der Waals surface area contributed by atoms with Crippen LogP contribution in [0.25, 0.3) is 72.7 Å². The van der Waals surface area contributed by atoms with Gasteiger partial charge in [-0.3, -0.25) is 9.55 Å². The number of fused-ring (bicyclic) bond motifs is 1. The third-order valence-corrected chi connectivity index (χ3v) is 15.6. The monoisotopic (exact) mass is 956 g/mol. The third-order valence-electron chi connectivity index (χ3n) is 15.6. The number of aromatic hydroxyl groups is 1. The number of hydrogen-bond donors (Lipinski definition) is 1. The molecule has 0 radical (unpaired) electrons. The number of para-hydroxylation sites is 1. The van der Waals surface area contributed by atoms with E-state index in [2.05, 4.69) is 263 Å². The second-order valence-electron chi connectivity index (χ2n) is 25.7. The second-order valence-corrected chi connectivity index (χ2v) is 25.7. The van der Waals surface area contributed by atoms with Gasteiger partial charge in [0.15, 0.2) is 0 Å². The molecule has 4 nitrogen and oxygen atoms in total. The van der Waals surface area contributed by atoms with Crippen LogP contribution in [-0.4, -0.2) is 19.6 Å². The number of aromatic nitrogens is 3. The van der Waals surface area contributed by atoms with Crippen LogP contribution in [-0.2, 0) is 27.1 Å². The fraction of sp³-hybridized carbons (Fsp3) is 0.382. The summed E-state index contributed by atoms with van der Waals surface area (Å²) < 4.78 is 2.31. The number of rotatable bonds is 10. The van der Waals surface area contributed by atoms with Crippen molar-refractivity contribution in [3.63, 3.8) is 0 Å². The topological polar surface area (TPSA) is 50.9 Å². The van der Waals surface area contributed by atoms with Gasteiger partial charge in [-0.1, -0.05) is 210 Å². The minimum absolute atomic E-state index is 0.0772. The Morgan fingerprint density at radius 2 is 1.00 bits per heavy atom. The number of phenols is 1. The van der Waals surface area contributed by atoms with Gasteiger partial charge in [-0.2, -0.15) is 0 Å². The Bertz CT molecular complexity index is 3220. The van der Waals surface area contributed by atoms with Crippen molar-refractivity contribution < 1.29 is 5.11 Å². The minimum Gasteiger partial charge on any atom is -0.507 e. The van der Waals surface area contributed by atoms with E-state index in [1.165, 1.54) is 22.3 Å². The van der Waals surface area contributed by atoms with Crippen molar-refractivity contribution in [2.45, 2.75) is 152 Å². The first-order chi connectivity index (χ1) is 33.6. The fourth-order valence-electron chi connectivity index (χ4n) is 11.7. The van der Waals surface area contributed by atoms with Gasteiger partial charge in [0.25, 0.3) is 0 Å². The zero-order valence-electron chi connectivity index (χ0n) is 46.8. The molecule has 1 N–H and O–H groups in total. The van der Waals surface area contributed by atoms with E-state index < -0.39 is 0 Å². The molecular formula is C68H81N3O. The van der Waals surface area contributed by atoms with E-state index in [0.29, 0.717) is 23.6 Å². The van der Waals surface area contributed by atoms with Crippen LogP contribution in [0.5, 0.6) is 5.75 Å². The molecule has 0 spiro atoms. The summed E-state index contributed by atoms with van der Waals surface area (Å²) in [7, 11) is 0. The lowest BCUT2D eigenvalue weighted by atomic mass is 9.58. The van der Waals surface area contributed by atoms with Crippen LogP contribution in [0.2, 0.25) is 0 Å².